The fourth-order valence-corrected chi connectivity index (χ4v) is 3.59. The number of rotatable bonds is 1. The Morgan fingerprint density at radius 3 is 2.20 bits per heavy atom. The highest BCUT2D eigenvalue weighted by molar-refractivity contribution is 7.17. The highest BCUT2D eigenvalue weighted by atomic mass is 32.1. The molecule has 0 aliphatic carbocycles. The van der Waals surface area contributed by atoms with Gasteiger partial charge in [0.25, 0.3) is 0 Å². The van der Waals surface area contributed by atoms with E-state index in [1.807, 2.05) is 18.2 Å². The Hall–Kier alpha value is -2.39. The minimum Gasteiger partial charge on any atom is -0.478 e. The van der Waals surface area contributed by atoms with E-state index in [0.717, 1.165) is 20.9 Å². The van der Waals surface area contributed by atoms with Gasteiger partial charge in [-0.3, -0.25) is 0 Å². The number of hydrogen-bond acceptors (Lipinski definition) is 2. The predicted octanol–water partition coefficient (Wildman–Crippen LogP) is 4.91. The molecule has 96 valence electrons. The number of carbonyl (C=O) groups is 1. The average molecular weight is 278 g/mol. The van der Waals surface area contributed by atoms with E-state index in [2.05, 4.69) is 30.3 Å². The van der Waals surface area contributed by atoms with Gasteiger partial charge < -0.3 is 5.11 Å². The fraction of sp³-hybridized carbons (Fsp3) is 0. The van der Waals surface area contributed by atoms with Gasteiger partial charge in [-0.1, -0.05) is 24.3 Å². The largest absolute Gasteiger partial charge is 0.478 e. The van der Waals surface area contributed by atoms with Crippen LogP contribution in [0, 0.1) is 0 Å². The van der Waals surface area contributed by atoms with Crippen molar-refractivity contribution in [2.45, 2.75) is 0 Å². The Kier molecular flexibility index (Phi) is 2.32. The van der Waals surface area contributed by atoms with E-state index in [1.54, 1.807) is 5.38 Å². The van der Waals surface area contributed by atoms with Gasteiger partial charge in [-0.05, 0) is 45.8 Å². The molecule has 0 aliphatic heterocycles. The monoisotopic (exact) mass is 278 g/mol. The molecule has 0 saturated carbocycles. The number of carboxylic acid groups (broad SMARTS) is 1. The second-order valence-corrected chi connectivity index (χ2v) is 5.76. The number of carboxylic acids is 1. The molecule has 0 aliphatic rings. The van der Waals surface area contributed by atoms with Crippen LogP contribution in [-0.2, 0) is 0 Å². The summed E-state index contributed by atoms with van der Waals surface area (Å²) in [4.78, 5) is 11.2. The fourth-order valence-electron chi connectivity index (χ4n) is 2.63. The van der Waals surface area contributed by atoms with Crippen LogP contribution in [0.15, 0.2) is 53.9 Å². The van der Waals surface area contributed by atoms with Crippen molar-refractivity contribution in [2.24, 2.45) is 0 Å². The van der Waals surface area contributed by atoms with Crippen LogP contribution in [0.3, 0.4) is 0 Å². The molecular weight excluding hydrogens is 268 g/mol. The quantitative estimate of drug-likeness (QED) is 0.502. The molecule has 4 aromatic rings. The minimum absolute atomic E-state index is 0.389. The Balaban J connectivity index is 2.14. The smallest absolute Gasteiger partial charge is 0.337 e. The van der Waals surface area contributed by atoms with Crippen LogP contribution in [0.2, 0.25) is 0 Å². The number of thiophene rings is 1. The van der Waals surface area contributed by atoms with E-state index in [-0.39, 0.29) is 0 Å². The maximum atomic E-state index is 11.2. The molecule has 1 heterocycles. The van der Waals surface area contributed by atoms with Gasteiger partial charge in [-0.2, -0.15) is 0 Å². The van der Waals surface area contributed by atoms with Crippen molar-refractivity contribution in [1.29, 1.82) is 0 Å². The molecule has 3 aromatic carbocycles. The Morgan fingerprint density at radius 2 is 1.55 bits per heavy atom. The summed E-state index contributed by atoms with van der Waals surface area (Å²) in [5, 5.41) is 16.4. The number of fused-ring (bicyclic) bond motifs is 3. The molecule has 0 bridgehead atoms. The third kappa shape index (κ3) is 1.60. The van der Waals surface area contributed by atoms with Gasteiger partial charge in [0, 0.05) is 15.5 Å². The van der Waals surface area contributed by atoms with Crippen LogP contribution in [0.5, 0.6) is 0 Å². The van der Waals surface area contributed by atoms with Crippen molar-refractivity contribution in [3.63, 3.8) is 0 Å². The van der Waals surface area contributed by atoms with Crippen LogP contribution in [0.1, 0.15) is 10.4 Å². The molecule has 0 atom stereocenters. The van der Waals surface area contributed by atoms with Crippen molar-refractivity contribution in [3.8, 4) is 0 Å². The molecule has 1 N–H and O–H groups in total. The summed E-state index contributed by atoms with van der Waals surface area (Å²) >= 11 is 1.48. The zero-order chi connectivity index (χ0) is 13.7. The van der Waals surface area contributed by atoms with Gasteiger partial charge >= 0.3 is 5.97 Å². The van der Waals surface area contributed by atoms with Gasteiger partial charge in [0.15, 0.2) is 0 Å². The summed E-state index contributed by atoms with van der Waals surface area (Å²) < 4.78 is 1.02. The third-order valence-electron chi connectivity index (χ3n) is 3.63. The van der Waals surface area contributed by atoms with Crippen molar-refractivity contribution < 1.29 is 9.90 Å². The van der Waals surface area contributed by atoms with Crippen LogP contribution in [-0.4, -0.2) is 11.1 Å². The molecule has 4 rings (SSSR count). The van der Waals surface area contributed by atoms with Crippen LogP contribution in [0.25, 0.3) is 31.6 Å². The topological polar surface area (TPSA) is 37.3 Å². The highest BCUT2D eigenvalue weighted by Crippen LogP contribution is 2.32. The molecule has 0 unspecified atom stereocenters. The lowest BCUT2D eigenvalue weighted by Crippen LogP contribution is -1.93. The van der Waals surface area contributed by atoms with Gasteiger partial charge in [-0.15, -0.1) is 11.3 Å². The number of benzene rings is 3. The van der Waals surface area contributed by atoms with E-state index in [9.17, 15) is 9.90 Å². The van der Waals surface area contributed by atoms with Gasteiger partial charge in [0.05, 0.1) is 5.56 Å². The summed E-state index contributed by atoms with van der Waals surface area (Å²) in [5.41, 5.74) is 0.389. The summed E-state index contributed by atoms with van der Waals surface area (Å²) in [6, 6.07) is 16.5. The third-order valence-corrected chi connectivity index (χ3v) is 4.57. The van der Waals surface area contributed by atoms with Crippen molar-refractivity contribution >= 4 is 48.9 Å². The first-order valence-electron chi connectivity index (χ1n) is 6.29. The van der Waals surface area contributed by atoms with Crippen molar-refractivity contribution in [1.82, 2.24) is 0 Å². The summed E-state index contributed by atoms with van der Waals surface area (Å²) in [6.45, 7) is 0. The summed E-state index contributed by atoms with van der Waals surface area (Å²) in [5.74, 6) is -0.864. The maximum Gasteiger partial charge on any atom is 0.337 e. The molecular formula is C17H10O2S. The zero-order valence-corrected chi connectivity index (χ0v) is 11.3. The highest BCUT2D eigenvalue weighted by Gasteiger charge is 2.11. The minimum atomic E-state index is -0.864. The van der Waals surface area contributed by atoms with E-state index >= 15 is 0 Å². The SMILES string of the molecule is O=C(O)c1csc2cc3cc4ccccc4cc3cc12. The lowest BCUT2D eigenvalue weighted by Gasteiger charge is -2.03. The van der Waals surface area contributed by atoms with Crippen molar-refractivity contribution in [3.05, 3.63) is 59.5 Å². The predicted molar refractivity (Wildman–Crippen MR) is 83.8 cm³/mol. The summed E-state index contributed by atoms with van der Waals surface area (Å²) in [6.07, 6.45) is 0. The molecule has 20 heavy (non-hydrogen) atoms. The first kappa shape index (κ1) is 11.4. The Labute approximate surface area is 118 Å². The van der Waals surface area contributed by atoms with E-state index in [0.29, 0.717) is 5.56 Å². The Bertz CT molecular complexity index is 982. The molecule has 0 saturated heterocycles. The zero-order valence-electron chi connectivity index (χ0n) is 10.5. The van der Waals surface area contributed by atoms with Crippen LogP contribution < -0.4 is 0 Å². The number of aromatic carboxylic acids is 1. The summed E-state index contributed by atoms with van der Waals surface area (Å²) in [7, 11) is 0. The molecule has 0 fully saturated rings. The second kappa shape index (κ2) is 4.05. The van der Waals surface area contributed by atoms with Crippen molar-refractivity contribution in [2.75, 3.05) is 0 Å². The molecule has 0 amide bonds. The first-order chi connectivity index (χ1) is 9.72. The van der Waals surface area contributed by atoms with E-state index in [4.69, 9.17) is 0 Å². The standard InChI is InChI=1S/C17H10O2S/c18-17(19)15-9-20-16-8-13-6-11-4-2-1-3-10(11)5-12(13)7-14(15)16/h1-9H,(H,18,19). The second-order valence-electron chi connectivity index (χ2n) is 4.85. The lowest BCUT2D eigenvalue weighted by atomic mass is 10.0. The molecule has 3 heteroatoms. The molecule has 0 spiro atoms. The number of hydrogen-bond donors (Lipinski definition) is 1. The lowest BCUT2D eigenvalue weighted by molar-refractivity contribution is 0.0699. The van der Waals surface area contributed by atoms with E-state index < -0.39 is 5.97 Å². The van der Waals surface area contributed by atoms with E-state index in [1.165, 1.54) is 22.1 Å². The maximum absolute atomic E-state index is 11.2. The molecule has 2 nitrogen and oxygen atoms in total. The van der Waals surface area contributed by atoms with Gasteiger partial charge in [-0.25, -0.2) is 4.79 Å². The van der Waals surface area contributed by atoms with Crippen LogP contribution >= 0.6 is 11.3 Å². The van der Waals surface area contributed by atoms with Gasteiger partial charge in [0.1, 0.15) is 0 Å². The molecule has 0 radical (unpaired) electrons. The Morgan fingerprint density at radius 1 is 0.900 bits per heavy atom. The average Bonchev–Trinajstić information content (AvgIpc) is 2.85. The normalized spacial score (nSPS) is 11.4. The first-order valence-corrected chi connectivity index (χ1v) is 7.17. The van der Waals surface area contributed by atoms with Crippen LogP contribution in [0.4, 0.5) is 0 Å². The molecule has 1 aromatic heterocycles. The van der Waals surface area contributed by atoms with Gasteiger partial charge in [0.2, 0.25) is 0 Å².